The van der Waals surface area contributed by atoms with E-state index in [9.17, 15) is 13.6 Å². The van der Waals surface area contributed by atoms with Gasteiger partial charge in [-0.05, 0) is 31.2 Å². The number of rotatable bonds is 2. The predicted molar refractivity (Wildman–Crippen MR) is 90.0 cm³/mol. The van der Waals surface area contributed by atoms with E-state index in [1.54, 1.807) is 4.52 Å². The summed E-state index contributed by atoms with van der Waals surface area (Å²) in [5, 5.41) is 12.5. The van der Waals surface area contributed by atoms with Crippen LogP contribution in [0.25, 0.3) is 5.65 Å². The molecule has 4 rings (SSSR count). The van der Waals surface area contributed by atoms with Gasteiger partial charge in [0.15, 0.2) is 11.5 Å². The lowest BCUT2D eigenvalue weighted by Gasteiger charge is -2.35. The largest absolute Gasteiger partial charge is 0.352 e. The molecule has 1 fully saturated rings. The fraction of sp³-hybridized carbons (Fsp3) is 0.294. The number of nitrogens with zero attached hydrogens (tertiary/aromatic N) is 6. The maximum absolute atomic E-state index is 13.8. The molecule has 1 aliphatic rings. The van der Waals surface area contributed by atoms with Crippen LogP contribution in [0.1, 0.15) is 16.2 Å². The maximum Gasteiger partial charge on any atom is 0.259 e. The summed E-state index contributed by atoms with van der Waals surface area (Å²) in [5.74, 6) is -0.881. The number of piperazine rings is 1. The molecule has 0 radical (unpaired) electrons. The van der Waals surface area contributed by atoms with E-state index in [4.69, 9.17) is 0 Å². The van der Waals surface area contributed by atoms with E-state index < -0.39 is 23.1 Å². The van der Waals surface area contributed by atoms with Gasteiger partial charge in [0.05, 0.1) is 0 Å². The summed E-state index contributed by atoms with van der Waals surface area (Å²) in [6.45, 7) is 3.56. The Morgan fingerprint density at radius 2 is 1.69 bits per heavy atom. The molecule has 2 aromatic heterocycles. The van der Waals surface area contributed by atoms with E-state index in [0.717, 1.165) is 18.0 Å². The molecule has 0 aliphatic carbocycles. The number of carbonyl (C=O) groups excluding carboxylic acids is 1. The number of benzene rings is 1. The quantitative estimate of drug-likeness (QED) is 0.697. The number of aromatic nitrogens is 4. The summed E-state index contributed by atoms with van der Waals surface area (Å²) in [6, 6.07) is 7.10. The number of fused-ring (bicyclic) bond motifs is 1. The normalized spacial score (nSPS) is 14.9. The maximum atomic E-state index is 13.8. The standard InChI is InChI=1S/C17H16F2N6O/c1-11-20-21-14-5-6-15(22-25(11)14)23-7-9-24(10-8-23)17(26)16-12(18)3-2-4-13(16)19/h2-6H,7-10H2,1H3. The van der Waals surface area contributed by atoms with Crippen LogP contribution in [-0.4, -0.2) is 56.8 Å². The molecule has 0 N–H and O–H groups in total. The van der Waals surface area contributed by atoms with Crippen LogP contribution in [0, 0.1) is 18.6 Å². The fourth-order valence-electron chi connectivity index (χ4n) is 3.05. The second kappa shape index (κ2) is 6.32. The lowest BCUT2D eigenvalue weighted by molar-refractivity contribution is 0.0736. The number of amides is 1. The third-order valence-corrected chi connectivity index (χ3v) is 4.47. The highest BCUT2D eigenvalue weighted by atomic mass is 19.1. The van der Waals surface area contributed by atoms with Gasteiger partial charge in [-0.3, -0.25) is 4.79 Å². The van der Waals surface area contributed by atoms with Crippen LogP contribution in [0.3, 0.4) is 0 Å². The van der Waals surface area contributed by atoms with Gasteiger partial charge in [-0.2, -0.15) is 4.52 Å². The van der Waals surface area contributed by atoms with Crippen LogP contribution in [0.5, 0.6) is 0 Å². The summed E-state index contributed by atoms with van der Waals surface area (Å²) >= 11 is 0. The van der Waals surface area contributed by atoms with Crippen molar-refractivity contribution in [1.29, 1.82) is 0 Å². The second-order valence-corrected chi connectivity index (χ2v) is 6.08. The molecule has 0 bridgehead atoms. The topological polar surface area (TPSA) is 66.6 Å². The minimum atomic E-state index is -0.840. The molecule has 1 amide bonds. The average Bonchev–Trinajstić information content (AvgIpc) is 3.02. The molecule has 0 spiro atoms. The van der Waals surface area contributed by atoms with E-state index in [0.29, 0.717) is 37.7 Å². The van der Waals surface area contributed by atoms with Crippen molar-refractivity contribution in [3.63, 3.8) is 0 Å². The monoisotopic (exact) mass is 358 g/mol. The SMILES string of the molecule is Cc1nnc2ccc(N3CCN(C(=O)c4c(F)cccc4F)CC3)nn12. The van der Waals surface area contributed by atoms with E-state index in [1.807, 2.05) is 24.0 Å². The molecular formula is C17H16F2N6O. The van der Waals surface area contributed by atoms with Crippen LogP contribution in [0.15, 0.2) is 30.3 Å². The van der Waals surface area contributed by atoms with Crippen molar-refractivity contribution < 1.29 is 13.6 Å². The Kier molecular flexibility index (Phi) is 3.98. The molecule has 3 aromatic rings. The van der Waals surface area contributed by atoms with Crippen LogP contribution in [0.4, 0.5) is 14.6 Å². The van der Waals surface area contributed by atoms with Crippen LogP contribution in [0.2, 0.25) is 0 Å². The van der Waals surface area contributed by atoms with Gasteiger partial charge in [-0.25, -0.2) is 8.78 Å². The van der Waals surface area contributed by atoms with Gasteiger partial charge in [0.25, 0.3) is 5.91 Å². The molecule has 1 aliphatic heterocycles. The third kappa shape index (κ3) is 2.75. The van der Waals surface area contributed by atoms with Gasteiger partial charge >= 0.3 is 0 Å². The highest BCUT2D eigenvalue weighted by Crippen LogP contribution is 2.18. The van der Waals surface area contributed by atoms with Crippen molar-refractivity contribution in [1.82, 2.24) is 24.7 Å². The van der Waals surface area contributed by atoms with E-state index in [1.165, 1.54) is 11.0 Å². The van der Waals surface area contributed by atoms with Crippen molar-refractivity contribution in [2.24, 2.45) is 0 Å². The van der Waals surface area contributed by atoms with Gasteiger partial charge in [0.2, 0.25) is 0 Å². The Labute approximate surface area is 147 Å². The van der Waals surface area contributed by atoms with Gasteiger partial charge in [-0.1, -0.05) is 6.07 Å². The van der Waals surface area contributed by atoms with E-state index in [-0.39, 0.29) is 0 Å². The smallest absolute Gasteiger partial charge is 0.259 e. The molecule has 1 aromatic carbocycles. The Morgan fingerprint density at radius 1 is 1.00 bits per heavy atom. The molecule has 0 unspecified atom stereocenters. The predicted octanol–water partition coefficient (Wildman–Crippen LogP) is 1.67. The first-order valence-corrected chi connectivity index (χ1v) is 8.22. The molecule has 3 heterocycles. The highest BCUT2D eigenvalue weighted by molar-refractivity contribution is 5.95. The summed E-state index contributed by atoms with van der Waals surface area (Å²) in [4.78, 5) is 15.9. The molecule has 134 valence electrons. The second-order valence-electron chi connectivity index (χ2n) is 6.08. The van der Waals surface area contributed by atoms with Gasteiger partial charge in [0, 0.05) is 26.2 Å². The number of carbonyl (C=O) groups is 1. The number of aryl methyl sites for hydroxylation is 1. The van der Waals surface area contributed by atoms with Crippen LogP contribution in [-0.2, 0) is 0 Å². The van der Waals surface area contributed by atoms with Gasteiger partial charge in [0.1, 0.15) is 23.0 Å². The fourth-order valence-corrected chi connectivity index (χ4v) is 3.05. The van der Waals surface area contributed by atoms with Crippen LogP contribution < -0.4 is 4.90 Å². The number of hydrogen-bond acceptors (Lipinski definition) is 5. The van der Waals surface area contributed by atoms with Crippen molar-refractivity contribution in [2.45, 2.75) is 6.92 Å². The lowest BCUT2D eigenvalue weighted by atomic mass is 10.1. The highest BCUT2D eigenvalue weighted by Gasteiger charge is 2.27. The molecule has 0 atom stereocenters. The van der Waals surface area contributed by atoms with Gasteiger partial charge in [-0.15, -0.1) is 15.3 Å². The zero-order valence-electron chi connectivity index (χ0n) is 14.1. The first-order chi connectivity index (χ1) is 12.5. The number of halogens is 2. The first kappa shape index (κ1) is 16.4. The van der Waals surface area contributed by atoms with Crippen molar-refractivity contribution in [3.05, 3.63) is 53.4 Å². The Bertz CT molecular complexity index is 960. The average molecular weight is 358 g/mol. The zero-order chi connectivity index (χ0) is 18.3. The van der Waals surface area contributed by atoms with Gasteiger partial charge < -0.3 is 9.80 Å². The molecule has 26 heavy (non-hydrogen) atoms. The molecule has 9 heteroatoms. The summed E-state index contributed by atoms with van der Waals surface area (Å²) in [6.07, 6.45) is 0. The summed E-state index contributed by atoms with van der Waals surface area (Å²) < 4.78 is 29.3. The third-order valence-electron chi connectivity index (χ3n) is 4.47. The van der Waals surface area contributed by atoms with E-state index >= 15 is 0 Å². The first-order valence-electron chi connectivity index (χ1n) is 8.22. The number of anilines is 1. The Balaban J connectivity index is 1.49. The minimum absolute atomic E-state index is 0.355. The minimum Gasteiger partial charge on any atom is -0.352 e. The van der Waals surface area contributed by atoms with Crippen molar-refractivity contribution >= 4 is 17.4 Å². The van der Waals surface area contributed by atoms with E-state index in [2.05, 4.69) is 15.3 Å². The summed E-state index contributed by atoms with van der Waals surface area (Å²) in [5.41, 5.74) is 0.163. The van der Waals surface area contributed by atoms with Crippen molar-refractivity contribution in [3.8, 4) is 0 Å². The number of hydrogen-bond donors (Lipinski definition) is 0. The molecule has 7 nitrogen and oxygen atoms in total. The van der Waals surface area contributed by atoms with Crippen molar-refractivity contribution in [2.75, 3.05) is 31.1 Å². The zero-order valence-corrected chi connectivity index (χ0v) is 14.1. The molecular weight excluding hydrogens is 342 g/mol. The van der Waals surface area contributed by atoms with Crippen LogP contribution >= 0.6 is 0 Å². The lowest BCUT2D eigenvalue weighted by Crippen LogP contribution is -2.49. The molecule has 0 saturated carbocycles. The Hall–Kier alpha value is -3.10. The molecule has 1 saturated heterocycles. The Morgan fingerprint density at radius 3 is 2.38 bits per heavy atom. The summed E-state index contributed by atoms with van der Waals surface area (Å²) in [7, 11) is 0.